The molecule has 2 aromatic rings. The van der Waals surface area contributed by atoms with Crippen LogP contribution in [0.2, 0.25) is 0 Å². The molecule has 0 radical (unpaired) electrons. The fraction of sp³-hybridized carbons (Fsp3) is 0.550. The minimum Gasteiger partial charge on any atom is -0.462 e. The summed E-state index contributed by atoms with van der Waals surface area (Å²) in [6.45, 7) is 9.04. The van der Waals surface area contributed by atoms with Crippen molar-refractivity contribution < 1.29 is 19.1 Å². The Hall–Kier alpha value is -2.04. The van der Waals surface area contributed by atoms with Crippen LogP contribution < -0.4 is 10.2 Å². The zero-order valence-corrected chi connectivity index (χ0v) is 19.4. The molecule has 1 fully saturated rings. The average molecular weight is 514 g/mol. The number of halogens is 1. The van der Waals surface area contributed by atoms with Crippen molar-refractivity contribution in [3.63, 3.8) is 0 Å². The van der Waals surface area contributed by atoms with Crippen molar-refractivity contribution in [1.82, 2.24) is 14.9 Å². The summed E-state index contributed by atoms with van der Waals surface area (Å²) in [5.74, 6) is -0.372. The molecule has 0 aromatic carbocycles. The van der Waals surface area contributed by atoms with Crippen LogP contribution in [-0.4, -0.2) is 53.0 Å². The molecule has 2 aromatic heterocycles. The van der Waals surface area contributed by atoms with Crippen molar-refractivity contribution in [3.05, 3.63) is 27.6 Å². The van der Waals surface area contributed by atoms with Gasteiger partial charge in [0.15, 0.2) is 0 Å². The monoisotopic (exact) mass is 514 g/mol. The number of hydrogen-bond donors (Lipinski definition) is 1. The summed E-state index contributed by atoms with van der Waals surface area (Å²) in [5.41, 5.74) is 1.65. The van der Waals surface area contributed by atoms with Gasteiger partial charge in [-0.15, -0.1) is 0 Å². The summed E-state index contributed by atoms with van der Waals surface area (Å²) in [5, 5.41) is 7.34. The van der Waals surface area contributed by atoms with Crippen LogP contribution in [0.1, 0.15) is 50.9 Å². The summed E-state index contributed by atoms with van der Waals surface area (Å²) < 4.78 is 13.4. The fourth-order valence-electron chi connectivity index (χ4n) is 3.43. The predicted octanol–water partition coefficient (Wildman–Crippen LogP) is 3.61. The minimum absolute atomic E-state index is 0.0388. The lowest BCUT2D eigenvalue weighted by atomic mass is 10.0. The van der Waals surface area contributed by atoms with Crippen LogP contribution in [0.25, 0.3) is 5.52 Å². The van der Waals surface area contributed by atoms with Gasteiger partial charge < -0.3 is 19.7 Å². The first-order valence-electron chi connectivity index (χ1n) is 9.77. The largest absolute Gasteiger partial charge is 0.462 e. The summed E-state index contributed by atoms with van der Waals surface area (Å²) in [6, 6.07) is 3.98. The number of nitrogens with one attached hydrogen (secondary N) is 1. The lowest BCUT2D eigenvalue weighted by Crippen LogP contribution is -2.46. The molecule has 0 atom stereocenters. The molecule has 9 heteroatoms. The van der Waals surface area contributed by atoms with E-state index in [4.69, 9.17) is 9.47 Å². The van der Waals surface area contributed by atoms with E-state index in [9.17, 15) is 9.59 Å². The van der Waals surface area contributed by atoms with E-state index in [2.05, 4.69) is 37.9 Å². The maximum absolute atomic E-state index is 12.5. The number of nitrogens with zero attached hydrogens (tertiary/aromatic N) is 3. The number of fused-ring (bicyclic) bond motifs is 1. The van der Waals surface area contributed by atoms with Gasteiger partial charge in [-0.3, -0.25) is 0 Å². The van der Waals surface area contributed by atoms with Crippen LogP contribution in [0.5, 0.6) is 0 Å². The Morgan fingerprint density at radius 3 is 2.59 bits per heavy atom. The summed E-state index contributed by atoms with van der Waals surface area (Å²) in [7, 11) is 0. The molecule has 1 aliphatic rings. The third kappa shape index (κ3) is 5.12. The first kappa shape index (κ1) is 21.7. The number of piperidine rings is 1. The molecule has 0 saturated carbocycles. The number of esters is 1. The molecule has 0 bridgehead atoms. The number of alkyl carbamates (subject to hydrolysis) is 1. The molecular formula is C20H27IN4O4. The number of aromatic nitrogens is 2. The molecule has 1 amide bonds. The second kappa shape index (κ2) is 8.76. The van der Waals surface area contributed by atoms with E-state index in [1.54, 1.807) is 13.1 Å². The van der Waals surface area contributed by atoms with Gasteiger partial charge in [0.1, 0.15) is 14.9 Å². The Labute approximate surface area is 184 Å². The quantitative estimate of drug-likeness (QED) is 0.496. The van der Waals surface area contributed by atoms with Crippen molar-refractivity contribution in [3.8, 4) is 0 Å². The summed E-state index contributed by atoms with van der Waals surface area (Å²) >= 11 is 2.22. The SMILES string of the molecule is CCOC(=O)c1cnn2c(I)ccc2c1N1CCC(NC(=O)OC(C)(C)C)CC1. The zero-order chi connectivity index (χ0) is 21.2. The first-order valence-corrected chi connectivity index (χ1v) is 10.9. The molecule has 158 valence electrons. The molecule has 0 spiro atoms. The second-order valence-electron chi connectivity index (χ2n) is 7.99. The van der Waals surface area contributed by atoms with Crippen LogP contribution in [0.3, 0.4) is 0 Å². The maximum atomic E-state index is 12.5. The molecule has 0 unspecified atom stereocenters. The Kier molecular flexibility index (Phi) is 6.55. The van der Waals surface area contributed by atoms with E-state index in [0.717, 1.165) is 27.7 Å². The summed E-state index contributed by atoms with van der Waals surface area (Å²) in [4.78, 5) is 26.8. The highest BCUT2D eigenvalue weighted by molar-refractivity contribution is 14.1. The zero-order valence-electron chi connectivity index (χ0n) is 17.2. The molecule has 0 aliphatic carbocycles. The van der Waals surface area contributed by atoms with Crippen LogP contribution in [0.4, 0.5) is 10.5 Å². The van der Waals surface area contributed by atoms with Gasteiger partial charge in [0.25, 0.3) is 0 Å². The highest BCUT2D eigenvalue weighted by Crippen LogP contribution is 2.31. The predicted molar refractivity (Wildman–Crippen MR) is 118 cm³/mol. The third-order valence-electron chi connectivity index (χ3n) is 4.64. The summed E-state index contributed by atoms with van der Waals surface area (Å²) in [6.07, 6.45) is 2.70. The lowest BCUT2D eigenvalue weighted by molar-refractivity contribution is 0.0495. The smallest absolute Gasteiger partial charge is 0.407 e. The third-order valence-corrected chi connectivity index (χ3v) is 5.45. The number of carbonyl (C=O) groups is 2. The molecular weight excluding hydrogens is 487 g/mol. The number of ether oxygens (including phenoxy) is 2. The van der Waals surface area contributed by atoms with Gasteiger partial charge in [-0.1, -0.05) is 0 Å². The number of rotatable bonds is 4. The number of anilines is 1. The Bertz CT molecular complexity index is 898. The molecule has 1 N–H and O–H groups in total. The normalized spacial score (nSPS) is 15.4. The standard InChI is InChI=1S/C20H27IN4O4/c1-5-28-18(26)14-12-22-25-15(6-7-16(25)21)17(14)24-10-8-13(9-11-24)23-19(27)29-20(2,3)4/h6-7,12-13H,5,8-11H2,1-4H3,(H,23,27). The van der Waals surface area contributed by atoms with E-state index in [0.29, 0.717) is 25.3 Å². The average Bonchev–Trinajstić information content (AvgIpc) is 3.01. The van der Waals surface area contributed by atoms with Crippen molar-refractivity contribution in [2.75, 3.05) is 24.6 Å². The van der Waals surface area contributed by atoms with E-state index < -0.39 is 11.7 Å². The van der Waals surface area contributed by atoms with Crippen molar-refractivity contribution in [1.29, 1.82) is 0 Å². The van der Waals surface area contributed by atoms with E-state index in [-0.39, 0.29) is 12.0 Å². The second-order valence-corrected chi connectivity index (χ2v) is 9.09. The lowest BCUT2D eigenvalue weighted by Gasteiger charge is -2.35. The van der Waals surface area contributed by atoms with Gasteiger partial charge in [0, 0.05) is 19.1 Å². The highest BCUT2D eigenvalue weighted by atomic mass is 127. The van der Waals surface area contributed by atoms with E-state index >= 15 is 0 Å². The van der Waals surface area contributed by atoms with Gasteiger partial charge in [-0.05, 0) is 75.3 Å². The molecule has 3 heterocycles. The Morgan fingerprint density at radius 2 is 1.97 bits per heavy atom. The van der Waals surface area contributed by atoms with Gasteiger partial charge in [-0.2, -0.15) is 5.10 Å². The van der Waals surface area contributed by atoms with Gasteiger partial charge in [0.05, 0.1) is 24.0 Å². The van der Waals surface area contributed by atoms with E-state index in [1.165, 1.54) is 0 Å². The number of amides is 1. The van der Waals surface area contributed by atoms with Crippen molar-refractivity contribution >= 4 is 45.9 Å². The van der Waals surface area contributed by atoms with Crippen molar-refractivity contribution in [2.24, 2.45) is 0 Å². The maximum Gasteiger partial charge on any atom is 0.407 e. The van der Waals surface area contributed by atoms with Crippen LogP contribution in [0.15, 0.2) is 18.3 Å². The van der Waals surface area contributed by atoms with Gasteiger partial charge in [-0.25, -0.2) is 14.1 Å². The minimum atomic E-state index is -0.520. The molecule has 1 saturated heterocycles. The Balaban J connectivity index is 1.78. The van der Waals surface area contributed by atoms with E-state index in [1.807, 2.05) is 37.4 Å². The molecule has 1 aliphatic heterocycles. The molecule has 8 nitrogen and oxygen atoms in total. The van der Waals surface area contributed by atoms with Crippen LogP contribution >= 0.6 is 22.6 Å². The Morgan fingerprint density at radius 1 is 1.28 bits per heavy atom. The number of carbonyl (C=O) groups excluding carboxylic acids is 2. The number of hydrogen-bond acceptors (Lipinski definition) is 6. The first-order chi connectivity index (χ1) is 13.7. The van der Waals surface area contributed by atoms with Crippen LogP contribution in [-0.2, 0) is 9.47 Å². The van der Waals surface area contributed by atoms with Gasteiger partial charge in [0.2, 0.25) is 0 Å². The van der Waals surface area contributed by atoms with Crippen molar-refractivity contribution in [2.45, 2.75) is 52.2 Å². The highest BCUT2D eigenvalue weighted by Gasteiger charge is 2.28. The van der Waals surface area contributed by atoms with Crippen LogP contribution in [0, 0.1) is 3.70 Å². The fourth-order valence-corrected chi connectivity index (χ4v) is 3.99. The topological polar surface area (TPSA) is 85.2 Å². The molecule has 3 rings (SSSR count). The molecule has 29 heavy (non-hydrogen) atoms. The van der Waals surface area contributed by atoms with Gasteiger partial charge >= 0.3 is 12.1 Å².